The van der Waals surface area contributed by atoms with Gasteiger partial charge in [-0.05, 0) is 85.8 Å². The molecule has 340 valence electrons. The first-order valence-electron chi connectivity index (χ1n) is 23.7. The predicted molar refractivity (Wildman–Crippen MR) is 277 cm³/mol. The van der Waals surface area contributed by atoms with Gasteiger partial charge in [-0.2, -0.15) is 17.2 Å². The van der Waals surface area contributed by atoms with Crippen LogP contribution in [0.5, 0.6) is 0 Å². The topological polar surface area (TPSA) is 38.9 Å². The van der Waals surface area contributed by atoms with Crippen molar-refractivity contribution in [3.8, 4) is 33.9 Å². The summed E-state index contributed by atoms with van der Waals surface area (Å²) in [7, 11) is 0. The van der Waals surface area contributed by atoms with E-state index in [4.69, 9.17) is 10.1 Å². The molecule has 0 N–H and O–H groups in total. The minimum absolute atomic E-state index is 0. The quantitative estimate of drug-likeness (QED) is 0.149. The van der Waals surface area contributed by atoms with E-state index in [1.54, 1.807) is 0 Å². The monoisotopic (exact) mass is 1060 g/mol. The fraction of sp³-hybridized carbons (Fsp3) is 0.279. The van der Waals surface area contributed by atoms with E-state index in [1.807, 2.05) is 6.20 Å². The van der Waals surface area contributed by atoms with E-state index in [9.17, 15) is 0 Å². The van der Waals surface area contributed by atoms with E-state index in [0.29, 0.717) is 11.8 Å². The van der Waals surface area contributed by atoms with Gasteiger partial charge < -0.3 is 9.47 Å². The normalized spacial score (nSPS) is 13.6. The third-order valence-corrected chi connectivity index (χ3v) is 13.8. The van der Waals surface area contributed by atoms with Gasteiger partial charge in [0.15, 0.2) is 0 Å². The van der Waals surface area contributed by atoms with Crippen molar-refractivity contribution in [3.63, 3.8) is 0 Å². The Morgan fingerprint density at radius 2 is 1.25 bits per heavy atom. The largest absolute Gasteiger partial charge is 2.00 e. The Balaban J connectivity index is 0.00000562. The SMILES string of the molecule is CC(C)c1cccc(C(C)C)c1-c1c(-c2ccccc2)nn(-c2[c-]c3c(cc2)C(C)(C)c2ccccc2N3c2[c-]c3c(cc2)c2ccccc2n3-c2cc(C(C)(C)C)ccn2)c1C(C)(C)C.[Pt+2]. The molecule has 10 rings (SSSR count). The number of anilines is 3. The predicted octanol–water partition coefficient (Wildman–Crippen LogP) is 16.2. The van der Waals surface area contributed by atoms with Crippen LogP contribution in [0, 0.1) is 12.1 Å². The van der Waals surface area contributed by atoms with E-state index in [2.05, 4.69) is 243 Å². The molecule has 0 amide bonds. The van der Waals surface area contributed by atoms with Crippen LogP contribution in [0.15, 0.2) is 140 Å². The molecule has 0 radical (unpaired) electrons. The van der Waals surface area contributed by atoms with E-state index < -0.39 is 0 Å². The minimum Gasteiger partial charge on any atom is -0.358 e. The molecule has 6 heteroatoms. The molecule has 1 aliphatic rings. The first-order valence-corrected chi connectivity index (χ1v) is 23.7. The first kappa shape index (κ1) is 46.1. The smallest absolute Gasteiger partial charge is 0.358 e. The summed E-state index contributed by atoms with van der Waals surface area (Å²) in [6.07, 6.45) is 1.94. The van der Waals surface area contributed by atoms with Gasteiger partial charge in [0.2, 0.25) is 0 Å². The molecule has 1 aliphatic heterocycles. The fourth-order valence-corrected chi connectivity index (χ4v) is 10.4. The van der Waals surface area contributed by atoms with Crippen molar-refractivity contribution in [3.05, 3.63) is 185 Å². The number of hydrogen-bond donors (Lipinski definition) is 0. The molecule has 0 atom stereocenters. The third-order valence-electron chi connectivity index (χ3n) is 13.8. The maximum Gasteiger partial charge on any atom is 2.00 e. The van der Waals surface area contributed by atoms with Crippen LogP contribution in [-0.2, 0) is 37.3 Å². The van der Waals surface area contributed by atoms with E-state index in [-0.39, 0.29) is 37.3 Å². The average Bonchev–Trinajstić information content (AvgIpc) is 3.86. The van der Waals surface area contributed by atoms with Crippen LogP contribution < -0.4 is 4.90 Å². The molecule has 5 nitrogen and oxygen atoms in total. The molecule has 0 saturated heterocycles. The van der Waals surface area contributed by atoms with Gasteiger partial charge in [0.25, 0.3) is 0 Å². The molecule has 6 aromatic carbocycles. The summed E-state index contributed by atoms with van der Waals surface area (Å²) in [4.78, 5) is 7.38. The molecule has 67 heavy (non-hydrogen) atoms. The van der Waals surface area contributed by atoms with Gasteiger partial charge in [0, 0.05) is 33.9 Å². The summed E-state index contributed by atoms with van der Waals surface area (Å²) in [6, 6.07) is 56.6. The number of pyridine rings is 1. The number of aromatic nitrogens is 4. The first-order chi connectivity index (χ1) is 31.4. The third kappa shape index (κ3) is 7.68. The van der Waals surface area contributed by atoms with E-state index in [1.165, 1.54) is 44.3 Å². The average molecular weight is 1060 g/mol. The zero-order valence-corrected chi connectivity index (χ0v) is 43.3. The van der Waals surface area contributed by atoms with Crippen LogP contribution in [0.3, 0.4) is 0 Å². The molecule has 4 heterocycles. The van der Waals surface area contributed by atoms with Gasteiger partial charge in [0.1, 0.15) is 11.5 Å². The van der Waals surface area contributed by atoms with Crippen molar-refractivity contribution in [2.24, 2.45) is 0 Å². The van der Waals surface area contributed by atoms with Gasteiger partial charge in [0.05, 0.1) is 5.69 Å². The molecule has 9 aromatic rings. The van der Waals surface area contributed by atoms with Crippen LogP contribution in [0.4, 0.5) is 17.1 Å². The molecule has 0 saturated carbocycles. The number of rotatable bonds is 7. The standard InChI is InChI=1S/C61H61N5.Pt/c1-38(2)44-24-20-25-45(39(3)4)55(44)56-57(40-21-14-13-15-22-40)63-66(58(56)60(8,9)10)43-30-32-49-53(37-43)64(51-28-19-17-26-48(51)61(49,11)12)42-29-31-47-46-23-16-18-27-50(46)65(52(47)36-42)54-35-41(33-34-62-54)59(5,6)7;/h13-35,38-39H,1-12H3;/q-2;+2. The summed E-state index contributed by atoms with van der Waals surface area (Å²) in [5.74, 6) is 1.51. The zero-order chi connectivity index (χ0) is 46.4. The molecule has 0 unspecified atom stereocenters. The summed E-state index contributed by atoms with van der Waals surface area (Å²) < 4.78 is 4.50. The van der Waals surface area contributed by atoms with E-state index >= 15 is 0 Å². The van der Waals surface area contributed by atoms with E-state index in [0.717, 1.165) is 61.9 Å². The van der Waals surface area contributed by atoms with Gasteiger partial charge in [-0.1, -0.05) is 185 Å². The van der Waals surface area contributed by atoms with Crippen molar-refractivity contribution in [1.82, 2.24) is 19.3 Å². The second-order valence-corrected chi connectivity index (χ2v) is 21.4. The molecule has 3 aromatic heterocycles. The zero-order valence-electron chi connectivity index (χ0n) is 41.0. The number of para-hydroxylation sites is 2. The number of benzene rings is 6. The summed E-state index contributed by atoms with van der Waals surface area (Å²) in [6.45, 7) is 27.7. The molecular weight excluding hydrogens is 998 g/mol. The molecule has 0 bridgehead atoms. The van der Waals surface area contributed by atoms with Crippen molar-refractivity contribution in [1.29, 1.82) is 0 Å². The van der Waals surface area contributed by atoms with Gasteiger partial charge >= 0.3 is 21.1 Å². The maximum absolute atomic E-state index is 5.71. The van der Waals surface area contributed by atoms with Crippen molar-refractivity contribution in [2.75, 3.05) is 4.90 Å². The number of hydrogen-bond acceptors (Lipinski definition) is 3. The van der Waals surface area contributed by atoms with Crippen LogP contribution >= 0.6 is 0 Å². The van der Waals surface area contributed by atoms with Gasteiger partial charge in [-0.15, -0.1) is 35.2 Å². The Bertz CT molecular complexity index is 3290. The van der Waals surface area contributed by atoms with Gasteiger partial charge in [-0.3, -0.25) is 4.68 Å². The Morgan fingerprint density at radius 3 is 1.94 bits per heavy atom. The summed E-state index contributed by atoms with van der Waals surface area (Å²) in [5, 5.41) is 8.01. The molecular formula is C61H61N5Pt. The Hall–Kier alpha value is -6.03. The van der Waals surface area contributed by atoms with Gasteiger partial charge in [-0.25, -0.2) is 4.98 Å². The maximum atomic E-state index is 5.71. The molecule has 0 spiro atoms. The van der Waals surface area contributed by atoms with Crippen molar-refractivity contribution < 1.29 is 21.1 Å². The van der Waals surface area contributed by atoms with Crippen LogP contribution in [-0.4, -0.2) is 19.3 Å². The van der Waals surface area contributed by atoms with Crippen molar-refractivity contribution >= 4 is 38.9 Å². The Labute approximate surface area is 412 Å². The Kier molecular flexibility index (Phi) is 11.7. The second-order valence-electron chi connectivity index (χ2n) is 21.4. The van der Waals surface area contributed by atoms with Crippen molar-refractivity contribution in [2.45, 2.75) is 111 Å². The second kappa shape index (κ2) is 16.9. The minimum atomic E-state index is -0.312. The fourth-order valence-electron chi connectivity index (χ4n) is 10.4. The molecule has 0 fully saturated rings. The summed E-state index contributed by atoms with van der Waals surface area (Å²) >= 11 is 0. The number of nitrogens with zero attached hydrogens (tertiary/aromatic N) is 5. The Morgan fingerprint density at radius 1 is 0.597 bits per heavy atom. The molecule has 0 aliphatic carbocycles. The van der Waals surface area contributed by atoms with Crippen LogP contribution in [0.25, 0.3) is 55.7 Å². The number of fused-ring (bicyclic) bond motifs is 5. The van der Waals surface area contributed by atoms with Crippen LogP contribution in [0.1, 0.15) is 128 Å². The summed E-state index contributed by atoms with van der Waals surface area (Å²) in [5.41, 5.74) is 17.5. The van der Waals surface area contributed by atoms with Crippen LogP contribution in [0.2, 0.25) is 0 Å².